The first-order chi connectivity index (χ1) is 12.1. The largest absolute Gasteiger partial charge is 0.339 e. The molecule has 1 aromatic heterocycles. The Morgan fingerprint density at radius 2 is 1.96 bits per heavy atom. The third kappa shape index (κ3) is 4.56. The smallest absolute Gasteiger partial charge is 0.250 e. The summed E-state index contributed by atoms with van der Waals surface area (Å²) in [6.07, 6.45) is 3.06. The van der Waals surface area contributed by atoms with Crippen LogP contribution >= 0.6 is 11.3 Å². The highest BCUT2D eigenvalue weighted by Crippen LogP contribution is 2.22. The van der Waals surface area contributed by atoms with Gasteiger partial charge in [0.25, 0.3) is 0 Å². The monoisotopic (exact) mass is 376 g/mol. The Balaban J connectivity index is 1.49. The number of nitrogens with one attached hydrogen (secondary N) is 1. The van der Waals surface area contributed by atoms with E-state index in [0.717, 1.165) is 17.8 Å². The minimum absolute atomic E-state index is 0.0303. The fraction of sp³-hybridized carbons (Fsp3) is 0.278. The maximum absolute atomic E-state index is 12.3. The molecule has 0 fully saturated rings. The lowest BCUT2D eigenvalue weighted by Gasteiger charge is -2.26. The Morgan fingerprint density at radius 3 is 2.60 bits per heavy atom. The van der Waals surface area contributed by atoms with Crippen LogP contribution in [-0.2, 0) is 14.8 Å². The van der Waals surface area contributed by atoms with E-state index in [1.807, 2.05) is 18.2 Å². The lowest BCUT2D eigenvalue weighted by Crippen LogP contribution is -2.37. The third-order valence-electron chi connectivity index (χ3n) is 4.10. The van der Waals surface area contributed by atoms with Crippen molar-refractivity contribution in [2.24, 2.45) is 0 Å². The van der Waals surface area contributed by atoms with Gasteiger partial charge in [0.1, 0.15) is 4.21 Å². The van der Waals surface area contributed by atoms with Crippen LogP contribution in [0.5, 0.6) is 0 Å². The molecular weight excluding hydrogens is 356 g/mol. The summed E-state index contributed by atoms with van der Waals surface area (Å²) in [5.41, 5.74) is 2.45. The molecular formula is C18H20N2O3S2. The number of hydrogen-bond donors (Lipinski definition) is 1. The van der Waals surface area contributed by atoms with Gasteiger partial charge in [-0.15, -0.1) is 11.3 Å². The zero-order chi connectivity index (χ0) is 17.7. The Kier molecular flexibility index (Phi) is 5.67. The fourth-order valence-electron chi connectivity index (χ4n) is 2.75. The van der Waals surface area contributed by atoms with Gasteiger partial charge in [0, 0.05) is 26.1 Å². The first-order valence-corrected chi connectivity index (χ1v) is 10.5. The van der Waals surface area contributed by atoms with Crippen molar-refractivity contribution in [1.82, 2.24) is 9.62 Å². The number of carbonyl (C=O) groups is 1. The summed E-state index contributed by atoms with van der Waals surface area (Å²) in [4.78, 5) is 14.0. The van der Waals surface area contributed by atoms with Gasteiger partial charge >= 0.3 is 0 Å². The van der Waals surface area contributed by atoms with Gasteiger partial charge in [-0.3, -0.25) is 4.79 Å². The van der Waals surface area contributed by atoms with Gasteiger partial charge in [0.05, 0.1) is 0 Å². The Labute approximate surface area is 152 Å². The fourth-order valence-corrected chi connectivity index (χ4v) is 4.82. The van der Waals surface area contributed by atoms with Crippen molar-refractivity contribution in [1.29, 1.82) is 0 Å². The zero-order valence-corrected chi connectivity index (χ0v) is 15.4. The van der Waals surface area contributed by atoms with Crippen LogP contribution in [0, 0.1) is 0 Å². The molecule has 25 heavy (non-hydrogen) atoms. The zero-order valence-electron chi connectivity index (χ0n) is 13.7. The number of amides is 1. The summed E-state index contributed by atoms with van der Waals surface area (Å²) in [6.45, 7) is 1.35. The number of sulfonamides is 1. The summed E-state index contributed by atoms with van der Waals surface area (Å²) in [5.74, 6) is -0.0303. The standard InChI is InChI=1S/C18H20N2O3S2/c21-17(8-11-19-25(22,23)18-7-4-14-24-18)20-12-9-16(10-13-20)15-5-2-1-3-6-15/h1-7,9,14,19H,8,10-13H2. The van der Waals surface area contributed by atoms with Crippen LogP contribution < -0.4 is 4.72 Å². The van der Waals surface area contributed by atoms with Crippen molar-refractivity contribution in [3.05, 3.63) is 59.5 Å². The van der Waals surface area contributed by atoms with Gasteiger partial charge in [-0.1, -0.05) is 42.5 Å². The molecule has 1 amide bonds. The summed E-state index contributed by atoms with van der Waals surface area (Å²) >= 11 is 1.16. The van der Waals surface area contributed by atoms with Crippen molar-refractivity contribution >= 4 is 32.8 Å². The van der Waals surface area contributed by atoms with Crippen LogP contribution in [0.2, 0.25) is 0 Å². The van der Waals surface area contributed by atoms with Crippen LogP contribution in [0.15, 0.2) is 58.1 Å². The lowest BCUT2D eigenvalue weighted by molar-refractivity contribution is -0.130. The molecule has 0 unspecified atom stereocenters. The second kappa shape index (κ2) is 7.95. The predicted octanol–water partition coefficient (Wildman–Crippen LogP) is 2.73. The topological polar surface area (TPSA) is 66.5 Å². The molecule has 1 N–H and O–H groups in total. The molecule has 0 saturated heterocycles. The Morgan fingerprint density at radius 1 is 1.16 bits per heavy atom. The maximum Gasteiger partial charge on any atom is 0.250 e. The Hall–Kier alpha value is -1.96. The highest BCUT2D eigenvalue weighted by atomic mass is 32.2. The van der Waals surface area contributed by atoms with Gasteiger partial charge in [0.2, 0.25) is 15.9 Å². The average molecular weight is 377 g/mol. The van der Waals surface area contributed by atoms with Gasteiger partial charge in [-0.2, -0.15) is 0 Å². The normalized spacial score (nSPS) is 15.0. The van der Waals surface area contributed by atoms with Crippen molar-refractivity contribution in [2.75, 3.05) is 19.6 Å². The minimum atomic E-state index is -3.50. The van der Waals surface area contributed by atoms with E-state index in [1.165, 1.54) is 11.1 Å². The van der Waals surface area contributed by atoms with Crippen LogP contribution in [0.25, 0.3) is 5.57 Å². The van der Waals surface area contributed by atoms with Crippen molar-refractivity contribution in [3.63, 3.8) is 0 Å². The van der Waals surface area contributed by atoms with E-state index in [0.29, 0.717) is 13.1 Å². The van der Waals surface area contributed by atoms with E-state index < -0.39 is 10.0 Å². The van der Waals surface area contributed by atoms with Crippen LogP contribution in [-0.4, -0.2) is 38.9 Å². The first-order valence-electron chi connectivity index (χ1n) is 8.12. The molecule has 0 spiro atoms. The highest BCUT2D eigenvalue weighted by molar-refractivity contribution is 7.91. The molecule has 2 heterocycles. The molecule has 5 nitrogen and oxygen atoms in total. The van der Waals surface area contributed by atoms with E-state index >= 15 is 0 Å². The molecule has 7 heteroatoms. The van der Waals surface area contributed by atoms with E-state index in [4.69, 9.17) is 0 Å². The van der Waals surface area contributed by atoms with Crippen LogP contribution in [0.4, 0.5) is 0 Å². The van der Waals surface area contributed by atoms with E-state index in [9.17, 15) is 13.2 Å². The quantitative estimate of drug-likeness (QED) is 0.843. The molecule has 0 aliphatic carbocycles. The Bertz CT molecular complexity index is 844. The molecule has 1 aromatic carbocycles. The second-order valence-electron chi connectivity index (χ2n) is 5.77. The molecule has 3 rings (SSSR count). The van der Waals surface area contributed by atoms with Crippen molar-refractivity contribution < 1.29 is 13.2 Å². The summed E-state index contributed by atoms with van der Waals surface area (Å²) in [5, 5.41) is 1.71. The van der Waals surface area contributed by atoms with Gasteiger partial charge in [-0.05, 0) is 29.0 Å². The second-order valence-corrected chi connectivity index (χ2v) is 8.71. The molecule has 2 aromatic rings. The van der Waals surface area contributed by atoms with Crippen molar-refractivity contribution in [2.45, 2.75) is 17.1 Å². The first kappa shape index (κ1) is 17.8. The molecule has 0 saturated carbocycles. The minimum Gasteiger partial charge on any atom is -0.339 e. The van der Waals surface area contributed by atoms with E-state index in [-0.39, 0.29) is 23.1 Å². The van der Waals surface area contributed by atoms with E-state index in [1.54, 1.807) is 22.4 Å². The predicted molar refractivity (Wildman–Crippen MR) is 99.7 cm³/mol. The molecule has 1 aliphatic rings. The number of rotatable bonds is 6. The highest BCUT2D eigenvalue weighted by Gasteiger charge is 2.19. The molecule has 0 bridgehead atoms. The molecule has 1 aliphatic heterocycles. The number of carbonyl (C=O) groups excluding carboxylic acids is 1. The summed E-state index contributed by atoms with van der Waals surface area (Å²) in [7, 11) is -3.50. The van der Waals surface area contributed by atoms with Gasteiger partial charge in [-0.25, -0.2) is 13.1 Å². The molecule has 0 radical (unpaired) electrons. The van der Waals surface area contributed by atoms with E-state index in [2.05, 4.69) is 22.9 Å². The van der Waals surface area contributed by atoms with Gasteiger partial charge < -0.3 is 4.90 Å². The van der Waals surface area contributed by atoms with Gasteiger partial charge in [0.15, 0.2) is 0 Å². The molecule has 0 atom stereocenters. The number of nitrogens with zero attached hydrogens (tertiary/aromatic N) is 1. The maximum atomic E-state index is 12.3. The SMILES string of the molecule is O=C(CCNS(=O)(=O)c1cccs1)N1CC=C(c2ccccc2)CC1. The number of benzene rings is 1. The third-order valence-corrected chi connectivity index (χ3v) is 6.96. The van der Waals surface area contributed by atoms with Crippen LogP contribution in [0.3, 0.4) is 0 Å². The summed E-state index contributed by atoms with van der Waals surface area (Å²) in [6, 6.07) is 13.4. The number of hydrogen-bond acceptors (Lipinski definition) is 4. The molecule has 132 valence electrons. The summed E-state index contributed by atoms with van der Waals surface area (Å²) < 4.78 is 26.8. The number of thiophene rings is 1. The van der Waals surface area contributed by atoms with Crippen molar-refractivity contribution in [3.8, 4) is 0 Å². The lowest BCUT2D eigenvalue weighted by atomic mass is 9.99. The average Bonchev–Trinajstić information content (AvgIpc) is 3.18. The van der Waals surface area contributed by atoms with Crippen LogP contribution in [0.1, 0.15) is 18.4 Å².